The zero-order chi connectivity index (χ0) is 14.2. The number of nitrogens with zero attached hydrogens (tertiary/aromatic N) is 2. The van der Waals surface area contributed by atoms with Crippen molar-refractivity contribution in [3.05, 3.63) is 32.7 Å². The number of rotatable bonds is 1. The van der Waals surface area contributed by atoms with Gasteiger partial charge in [-0.3, -0.25) is 9.59 Å². The van der Waals surface area contributed by atoms with Crippen LogP contribution in [0.1, 0.15) is 30.1 Å². The van der Waals surface area contributed by atoms with Crippen LogP contribution < -0.4 is 5.56 Å². The molecule has 0 bridgehead atoms. The lowest BCUT2D eigenvalue weighted by Gasteiger charge is -2.36. The molecule has 5 nitrogen and oxygen atoms in total. The number of hydrogen-bond acceptors (Lipinski definition) is 3. The number of halogens is 1. The van der Waals surface area contributed by atoms with E-state index in [-0.39, 0.29) is 17.5 Å². The average molecular weight is 329 g/mol. The smallest absolute Gasteiger partial charge is 0.255 e. The summed E-state index contributed by atoms with van der Waals surface area (Å²) in [6.45, 7) is 2.28. The molecular formula is C13H17BrN2O3. The average Bonchev–Trinajstić information content (AvgIpc) is 2.36. The summed E-state index contributed by atoms with van der Waals surface area (Å²) in [4.78, 5) is 25.8. The summed E-state index contributed by atoms with van der Waals surface area (Å²) < 4.78 is 2.00. The molecule has 0 unspecified atom stereocenters. The van der Waals surface area contributed by atoms with Gasteiger partial charge >= 0.3 is 0 Å². The van der Waals surface area contributed by atoms with Crippen molar-refractivity contribution in [2.75, 3.05) is 6.54 Å². The van der Waals surface area contributed by atoms with Crippen molar-refractivity contribution in [1.82, 2.24) is 9.47 Å². The molecule has 0 radical (unpaired) electrons. The molecule has 2 atom stereocenters. The molecule has 0 aliphatic carbocycles. The number of aliphatic hydroxyl groups is 1. The molecule has 1 aliphatic heterocycles. The highest BCUT2D eigenvalue weighted by Gasteiger charge is 2.29. The lowest BCUT2D eigenvalue weighted by atomic mass is 10.0. The van der Waals surface area contributed by atoms with Crippen LogP contribution in [0.3, 0.4) is 0 Å². The summed E-state index contributed by atoms with van der Waals surface area (Å²) in [6, 6.07) is 1.41. The maximum Gasteiger partial charge on any atom is 0.255 e. The third-order valence-corrected chi connectivity index (χ3v) is 4.16. The van der Waals surface area contributed by atoms with Gasteiger partial charge in [0.15, 0.2) is 0 Å². The Kier molecular flexibility index (Phi) is 4.10. The molecule has 1 saturated heterocycles. The van der Waals surface area contributed by atoms with Crippen LogP contribution in [-0.2, 0) is 7.05 Å². The summed E-state index contributed by atoms with van der Waals surface area (Å²) in [7, 11) is 1.63. The van der Waals surface area contributed by atoms with Crippen LogP contribution in [0.4, 0.5) is 0 Å². The van der Waals surface area contributed by atoms with Gasteiger partial charge < -0.3 is 14.6 Å². The van der Waals surface area contributed by atoms with E-state index in [1.165, 1.54) is 10.6 Å². The first-order chi connectivity index (χ1) is 8.90. The van der Waals surface area contributed by atoms with Crippen molar-refractivity contribution >= 4 is 21.8 Å². The number of likely N-dealkylation sites (tertiary alicyclic amines) is 1. The standard InChI is InChI=1S/C13H17BrN2O3/c1-8-3-4-9(17)6-16(8)13(19)10-5-12(18)15(2)7-11(10)14/h5,7-9,17H,3-4,6H2,1-2H3/t8-,9-/m1/s1. The van der Waals surface area contributed by atoms with Crippen molar-refractivity contribution in [3.63, 3.8) is 0 Å². The van der Waals surface area contributed by atoms with Gasteiger partial charge in [0, 0.05) is 36.4 Å². The highest BCUT2D eigenvalue weighted by Crippen LogP contribution is 2.22. The first-order valence-electron chi connectivity index (χ1n) is 6.25. The fraction of sp³-hybridized carbons (Fsp3) is 0.538. The number of aryl methyl sites for hydroxylation is 1. The second kappa shape index (κ2) is 5.46. The normalized spacial score (nSPS) is 23.5. The van der Waals surface area contributed by atoms with E-state index in [1.807, 2.05) is 6.92 Å². The molecule has 1 amide bonds. The van der Waals surface area contributed by atoms with E-state index in [1.54, 1.807) is 18.1 Å². The Morgan fingerprint density at radius 3 is 2.84 bits per heavy atom. The number of β-amino-alcohol motifs (C(OH)–C–C–N with tert-alkyl or cyclic N) is 1. The Morgan fingerprint density at radius 2 is 2.16 bits per heavy atom. The number of amides is 1. The SMILES string of the molecule is C[C@@H]1CC[C@@H](O)CN1C(=O)c1cc(=O)n(C)cc1Br. The van der Waals surface area contributed by atoms with Crippen molar-refractivity contribution in [3.8, 4) is 0 Å². The maximum atomic E-state index is 12.5. The summed E-state index contributed by atoms with van der Waals surface area (Å²) >= 11 is 3.31. The fourth-order valence-electron chi connectivity index (χ4n) is 2.29. The Balaban J connectivity index is 2.33. The van der Waals surface area contributed by atoms with Crippen LogP contribution in [0.25, 0.3) is 0 Å². The number of aliphatic hydroxyl groups excluding tert-OH is 1. The van der Waals surface area contributed by atoms with Crippen LogP contribution in [-0.4, -0.2) is 39.2 Å². The Morgan fingerprint density at radius 1 is 1.47 bits per heavy atom. The molecule has 1 N–H and O–H groups in total. The van der Waals surface area contributed by atoms with Gasteiger partial charge in [-0.25, -0.2) is 0 Å². The molecular weight excluding hydrogens is 312 g/mol. The van der Waals surface area contributed by atoms with Crippen LogP contribution >= 0.6 is 15.9 Å². The third kappa shape index (κ3) is 2.90. The van der Waals surface area contributed by atoms with Crippen LogP contribution in [0.2, 0.25) is 0 Å². The van der Waals surface area contributed by atoms with E-state index >= 15 is 0 Å². The summed E-state index contributed by atoms with van der Waals surface area (Å²) in [5, 5.41) is 9.69. The van der Waals surface area contributed by atoms with Gasteiger partial charge in [-0.15, -0.1) is 0 Å². The molecule has 2 heterocycles. The van der Waals surface area contributed by atoms with Gasteiger partial charge in [0.1, 0.15) is 0 Å². The van der Waals surface area contributed by atoms with Gasteiger partial charge in [0.05, 0.1) is 11.7 Å². The van der Waals surface area contributed by atoms with Crippen molar-refractivity contribution < 1.29 is 9.90 Å². The lowest BCUT2D eigenvalue weighted by Crippen LogP contribution is -2.47. The minimum atomic E-state index is -0.481. The van der Waals surface area contributed by atoms with E-state index < -0.39 is 6.10 Å². The monoisotopic (exact) mass is 328 g/mol. The molecule has 6 heteroatoms. The molecule has 0 aromatic carbocycles. The van der Waals surface area contributed by atoms with Crippen LogP contribution in [0.15, 0.2) is 21.5 Å². The number of piperidine rings is 1. The fourth-order valence-corrected chi connectivity index (χ4v) is 2.88. The van der Waals surface area contributed by atoms with Gasteiger partial charge in [-0.05, 0) is 35.7 Å². The number of aromatic nitrogens is 1. The van der Waals surface area contributed by atoms with Crippen LogP contribution in [0.5, 0.6) is 0 Å². The van der Waals surface area contributed by atoms with Gasteiger partial charge in [0.25, 0.3) is 11.5 Å². The number of pyridine rings is 1. The first-order valence-corrected chi connectivity index (χ1v) is 7.04. The molecule has 2 rings (SSSR count). The second-order valence-corrected chi connectivity index (χ2v) is 5.88. The molecule has 0 spiro atoms. The Labute approximate surface area is 120 Å². The Hall–Kier alpha value is -1.14. The maximum absolute atomic E-state index is 12.5. The zero-order valence-corrected chi connectivity index (χ0v) is 12.6. The van der Waals surface area contributed by atoms with Gasteiger partial charge in [-0.1, -0.05) is 0 Å². The first kappa shape index (κ1) is 14.3. The largest absolute Gasteiger partial charge is 0.391 e. The van der Waals surface area contributed by atoms with Crippen LogP contribution in [0, 0.1) is 0 Å². The predicted molar refractivity (Wildman–Crippen MR) is 75.1 cm³/mol. The molecule has 0 saturated carbocycles. The van der Waals surface area contributed by atoms with Gasteiger partial charge in [-0.2, -0.15) is 0 Å². The zero-order valence-electron chi connectivity index (χ0n) is 11.0. The predicted octanol–water partition coefficient (Wildman–Crippen LogP) is 1.13. The van der Waals surface area contributed by atoms with E-state index in [0.717, 1.165) is 6.42 Å². The Bertz CT molecular complexity index is 555. The number of carbonyl (C=O) groups excluding carboxylic acids is 1. The minimum absolute atomic E-state index is 0.0758. The molecule has 1 aromatic heterocycles. The van der Waals surface area contributed by atoms with Gasteiger partial charge in [0.2, 0.25) is 0 Å². The van der Waals surface area contributed by atoms with Crippen molar-refractivity contribution in [1.29, 1.82) is 0 Å². The number of carbonyl (C=O) groups is 1. The highest BCUT2D eigenvalue weighted by molar-refractivity contribution is 9.10. The van der Waals surface area contributed by atoms with E-state index in [0.29, 0.717) is 23.0 Å². The van der Waals surface area contributed by atoms with E-state index in [4.69, 9.17) is 0 Å². The second-order valence-electron chi connectivity index (χ2n) is 5.02. The lowest BCUT2D eigenvalue weighted by molar-refractivity contribution is 0.0309. The van der Waals surface area contributed by atoms with E-state index in [2.05, 4.69) is 15.9 Å². The minimum Gasteiger partial charge on any atom is -0.391 e. The summed E-state index contributed by atoms with van der Waals surface area (Å²) in [5.41, 5.74) is 0.126. The molecule has 104 valence electrons. The third-order valence-electron chi connectivity index (χ3n) is 3.53. The highest BCUT2D eigenvalue weighted by atomic mass is 79.9. The number of hydrogen-bond donors (Lipinski definition) is 1. The molecule has 19 heavy (non-hydrogen) atoms. The van der Waals surface area contributed by atoms with E-state index in [9.17, 15) is 14.7 Å². The van der Waals surface area contributed by atoms with Crippen molar-refractivity contribution in [2.24, 2.45) is 7.05 Å². The summed E-state index contributed by atoms with van der Waals surface area (Å²) in [6.07, 6.45) is 2.59. The van der Waals surface area contributed by atoms with Crippen molar-refractivity contribution in [2.45, 2.75) is 31.9 Å². The topological polar surface area (TPSA) is 62.5 Å². The molecule has 1 aromatic rings. The summed E-state index contributed by atoms with van der Waals surface area (Å²) in [5.74, 6) is -0.212. The quantitative estimate of drug-likeness (QED) is 0.840. The molecule has 1 aliphatic rings. The molecule has 1 fully saturated rings.